The van der Waals surface area contributed by atoms with Crippen LogP contribution in [0, 0.1) is 0 Å². The fourth-order valence-corrected chi connectivity index (χ4v) is 1.55. The zero-order valence-corrected chi connectivity index (χ0v) is 8.25. The lowest BCUT2D eigenvalue weighted by molar-refractivity contribution is -0.144. The van der Waals surface area contributed by atoms with Crippen molar-refractivity contribution in [1.82, 2.24) is 0 Å². The summed E-state index contributed by atoms with van der Waals surface area (Å²) in [6, 6.07) is 0. The summed E-state index contributed by atoms with van der Waals surface area (Å²) in [7, 11) is 0. The highest BCUT2D eigenvalue weighted by atomic mass is 16.5. The molecule has 1 aliphatic heterocycles. The van der Waals surface area contributed by atoms with Crippen LogP contribution in [0.2, 0.25) is 0 Å². The highest BCUT2D eigenvalue weighted by Crippen LogP contribution is 2.16. The first-order valence-corrected chi connectivity index (χ1v) is 5.10. The summed E-state index contributed by atoms with van der Waals surface area (Å²) in [5, 5.41) is 0. The van der Waals surface area contributed by atoms with Gasteiger partial charge in [0.2, 0.25) is 0 Å². The summed E-state index contributed by atoms with van der Waals surface area (Å²) in [5.74, 6) is -0.100. The smallest absolute Gasteiger partial charge is 0.305 e. The van der Waals surface area contributed by atoms with E-state index in [2.05, 4.69) is 0 Å². The zero-order chi connectivity index (χ0) is 9.52. The van der Waals surface area contributed by atoms with Gasteiger partial charge in [-0.3, -0.25) is 4.79 Å². The quantitative estimate of drug-likeness (QED) is 0.629. The lowest BCUT2D eigenvalue weighted by Crippen LogP contribution is -2.20. The topological polar surface area (TPSA) is 35.5 Å². The Labute approximate surface area is 79.4 Å². The van der Waals surface area contributed by atoms with Crippen LogP contribution >= 0.6 is 0 Å². The highest BCUT2D eigenvalue weighted by molar-refractivity contribution is 5.69. The van der Waals surface area contributed by atoms with Gasteiger partial charge < -0.3 is 9.47 Å². The normalized spacial score (nSPS) is 22.7. The molecule has 1 aliphatic rings. The zero-order valence-electron chi connectivity index (χ0n) is 8.25. The van der Waals surface area contributed by atoms with Gasteiger partial charge in [0.1, 0.15) is 0 Å². The summed E-state index contributed by atoms with van der Waals surface area (Å²) < 4.78 is 10.3. The molecule has 1 rings (SSSR count). The van der Waals surface area contributed by atoms with Gasteiger partial charge >= 0.3 is 5.97 Å². The minimum Gasteiger partial charge on any atom is -0.466 e. The summed E-state index contributed by atoms with van der Waals surface area (Å²) in [4.78, 5) is 11.0. The van der Waals surface area contributed by atoms with Crippen molar-refractivity contribution in [3.63, 3.8) is 0 Å². The number of carbonyl (C=O) groups is 1. The summed E-state index contributed by atoms with van der Waals surface area (Å²) in [6.07, 6.45) is 5.10. The van der Waals surface area contributed by atoms with E-state index < -0.39 is 0 Å². The molecule has 0 radical (unpaired) electrons. The van der Waals surface area contributed by atoms with Gasteiger partial charge in [0.25, 0.3) is 0 Å². The molecular weight excluding hydrogens is 168 g/mol. The fourth-order valence-electron chi connectivity index (χ4n) is 1.55. The van der Waals surface area contributed by atoms with Crippen LogP contribution in [0.15, 0.2) is 0 Å². The van der Waals surface area contributed by atoms with Crippen LogP contribution in [0.5, 0.6) is 0 Å². The molecule has 76 valence electrons. The first kappa shape index (κ1) is 10.5. The van der Waals surface area contributed by atoms with Gasteiger partial charge in [-0.25, -0.2) is 0 Å². The Hall–Kier alpha value is -0.570. The third kappa shape index (κ3) is 4.27. The second-order valence-electron chi connectivity index (χ2n) is 3.33. The van der Waals surface area contributed by atoms with Crippen LogP contribution in [0.3, 0.4) is 0 Å². The van der Waals surface area contributed by atoms with E-state index in [0.29, 0.717) is 13.0 Å². The Morgan fingerprint density at radius 1 is 1.54 bits per heavy atom. The molecule has 0 amide bonds. The third-order valence-electron chi connectivity index (χ3n) is 2.25. The fraction of sp³-hybridized carbons (Fsp3) is 0.900. The van der Waals surface area contributed by atoms with Crippen molar-refractivity contribution >= 4 is 5.97 Å². The number of hydrogen-bond acceptors (Lipinski definition) is 3. The predicted octanol–water partition coefficient (Wildman–Crippen LogP) is 1.90. The molecular formula is C10H18O3. The molecule has 1 fully saturated rings. The molecule has 1 saturated heterocycles. The maximum atomic E-state index is 11.0. The van der Waals surface area contributed by atoms with Crippen LogP contribution in [0.4, 0.5) is 0 Å². The molecule has 0 aromatic rings. The molecule has 1 atom stereocenters. The van der Waals surface area contributed by atoms with Crippen molar-refractivity contribution in [2.75, 3.05) is 13.2 Å². The second-order valence-corrected chi connectivity index (χ2v) is 3.33. The van der Waals surface area contributed by atoms with Gasteiger partial charge in [-0.2, -0.15) is 0 Å². The number of carbonyl (C=O) groups excluding carboxylic acids is 1. The van der Waals surface area contributed by atoms with Crippen molar-refractivity contribution in [3.8, 4) is 0 Å². The summed E-state index contributed by atoms with van der Waals surface area (Å²) in [5.41, 5.74) is 0. The minimum atomic E-state index is -0.100. The van der Waals surface area contributed by atoms with E-state index >= 15 is 0 Å². The lowest BCUT2D eigenvalue weighted by atomic mass is 10.1. The van der Waals surface area contributed by atoms with Crippen molar-refractivity contribution in [2.45, 2.75) is 45.1 Å². The lowest BCUT2D eigenvalue weighted by Gasteiger charge is -2.21. The van der Waals surface area contributed by atoms with Crippen LogP contribution < -0.4 is 0 Å². The molecule has 0 saturated carbocycles. The molecule has 3 nitrogen and oxygen atoms in total. The third-order valence-corrected chi connectivity index (χ3v) is 2.25. The number of rotatable bonds is 4. The predicted molar refractivity (Wildman–Crippen MR) is 49.5 cm³/mol. The van der Waals surface area contributed by atoms with E-state index in [1.165, 1.54) is 6.42 Å². The van der Waals surface area contributed by atoms with Crippen LogP contribution in [0.1, 0.15) is 39.0 Å². The summed E-state index contributed by atoms with van der Waals surface area (Å²) >= 11 is 0. The molecule has 3 heteroatoms. The van der Waals surface area contributed by atoms with E-state index in [-0.39, 0.29) is 12.1 Å². The molecule has 0 unspecified atom stereocenters. The van der Waals surface area contributed by atoms with Gasteiger partial charge in [0, 0.05) is 13.0 Å². The summed E-state index contributed by atoms with van der Waals surface area (Å²) in [6.45, 7) is 3.16. The molecule has 0 aromatic heterocycles. The number of esters is 1. The minimum absolute atomic E-state index is 0.100. The molecule has 0 aromatic carbocycles. The Bertz CT molecular complexity index is 150. The van der Waals surface area contributed by atoms with Crippen LogP contribution in [-0.4, -0.2) is 25.3 Å². The van der Waals surface area contributed by atoms with Gasteiger partial charge in [0.05, 0.1) is 12.7 Å². The highest BCUT2D eigenvalue weighted by Gasteiger charge is 2.15. The van der Waals surface area contributed by atoms with Crippen LogP contribution in [0.25, 0.3) is 0 Å². The Kier molecular flexibility index (Phi) is 4.83. The van der Waals surface area contributed by atoms with Gasteiger partial charge in [-0.1, -0.05) is 0 Å². The standard InChI is InChI=1S/C10H18O3/c1-2-12-10(11)7-6-9-5-3-4-8-13-9/h9H,2-8H2,1H3/t9-/m0/s1. The molecule has 1 heterocycles. The maximum Gasteiger partial charge on any atom is 0.305 e. The average molecular weight is 186 g/mol. The first-order valence-electron chi connectivity index (χ1n) is 5.10. The first-order chi connectivity index (χ1) is 6.33. The SMILES string of the molecule is CCOC(=O)CC[C@@H]1CCCCO1. The monoisotopic (exact) mass is 186 g/mol. The van der Waals surface area contributed by atoms with Crippen molar-refractivity contribution < 1.29 is 14.3 Å². The average Bonchev–Trinajstić information content (AvgIpc) is 2.17. The van der Waals surface area contributed by atoms with Crippen molar-refractivity contribution in [1.29, 1.82) is 0 Å². The Morgan fingerprint density at radius 3 is 3.00 bits per heavy atom. The second kappa shape index (κ2) is 5.97. The van der Waals surface area contributed by atoms with E-state index in [1.807, 2.05) is 6.92 Å². The number of ether oxygens (including phenoxy) is 2. The molecule has 0 bridgehead atoms. The van der Waals surface area contributed by atoms with Gasteiger partial charge in [-0.05, 0) is 32.6 Å². The number of hydrogen-bond donors (Lipinski definition) is 0. The van der Waals surface area contributed by atoms with Crippen molar-refractivity contribution in [3.05, 3.63) is 0 Å². The van der Waals surface area contributed by atoms with Crippen molar-refractivity contribution in [2.24, 2.45) is 0 Å². The Balaban J connectivity index is 2.06. The van der Waals surface area contributed by atoms with E-state index in [1.54, 1.807) is 0 Å². The molecule has 0 N–H and O–H groups in total. The molecule has 13 heavy (non-hydrogen) atoms. The molecule has 0 spiro atoms. The Morgan fingerprint density at radius 2 is 2.38 bits per heavy atom. The largest absolute Gasteiger partial charge is 0.466 e. The van der Waals surface area contributed by atoms with E-state index in [9.17, 15) is 4.79 Å². The van der Waals surface area contributed by atoms with Crippen LogP contribution in [-0.2, 0) is 14.3 Å². The van der Waals surface area contributed by atoms with E-state index in [0.717, 1.165) is 25.9 Å². The van der Waals surface area contributed by atoms with E-state index in [4.69, 9.17) is 9.47 Å². The maximum absolute atomic E-state index is 11.0. The molecule has 0 aliphatic carbocycles. The van der Waals surface area contributed by atoms with Gasteiger partial charge in [0.15, 0.2) is 0 Å². The van der Waals surface area contributed by atoms with Gasteiger partial charge in [-0.15, -0.1) is 0 Å².